The molecule has 0 saturated carbocycles. The van der Waals surface area contributed by atoms with Gasteiger partial charge in [0.25, 0.3) is 0 Å². The molecule has 1 aromatic rings. The van der Waals surface area contributed by atoms with Crippen LogP contribution >= 0.6 is 0 Å². The fourth-order valence-corrected chi connectivity index (χ4v) is 1.15. The van der Waals surface area contributed by atoms with Crippen LogP contribution in [0.3, 0.4) is 0 Å². The summed E-state index contributed by atoms with van der Waals surface area (Å²) >= 11 is 0. The highest BCUT2D eigenvalue weighted by Gasteiger charge is 2.22. The smallest absolute Gasteiger partial charge is 0.347 e. The molecule has 0 radical (unpaired) electrons. The summed E-state index contributed by atoms with van der Waals surface area (Å²) in [4.78, 5) is 11.7. The zero-order chi connectivity index (χ0) is 12.7. The number of methoxy groups -OCH3 is 1. The highest BCUT2D eigenvalue weighted by Crippen LogP contribution is 2.23. The van der Waals surface area contributed by atoms with Crippen LogP contribution < -0.4 is 16.0 Å². The van der Waals surface area contributed by atoms with Gasteiger partial charge in [0.05, 0.1) is 13.2 Å². The number of aromatic nitrogens is 2. The summed E-state index contributed by atoms with van der Waals surface area (Å²) in [5.41, 5.74) is 2.44. The Morgan fingerprint density at radius 1 is 1.53 bits per heavy atom. The number of ether oxygens (including phenoxy) is 3. The number of nitrogens with zero attached hydrogens (tertiary/aromatic N) is 1. The molecule has 0 fully saturated rings. The SMILES string of the molecule is CCOC(=O)c1c(NN)n[nH]c1OCCOC. The second kappa shape index (κ2) is 6.71. The summed E-state index contributed by atoms with van der Waals surface area (Å²) in [7, 11) is 1.55. The van der Waals surface area contributed by atoms with Crippen molar-refractivity contribution in [2.24, 2.45) is 5.84 Å². The van der Waals surface area contributed by atoms with Crippen molar-refractivity contribution < 1.29 is 19.0 Å². The van der Waals surface area contributed by atoms with Crippen LogP contribution in [-0.4, -0.2) is 43.1 Å². The van der Waals surface area contributed by atoms with E-state index >= 15 is 0 Å². The lowest BCUT2D eigenvalue weighted by molar-refractivity contribution is 0.0520. The molecule has 17 heavy (non-hydrogen) atoms. The summed E-state index contributed by atoms with van der Waals surface area (Å²) in [6, 6.07) is 0. The molecule has 0 spiro atoms. The van der Waals surface area contributed by atoms with Gasteiger partial charge < -0.3 is 19.6 Å². The fraction of sp³-hybridized carbons (Fsp3) is 0.556. The van der Waals surface area contributed by atoms with E-state index in [0.717, 1.165) is 0 Å². The molecule has 4 N–H and O–H groups in total. The van der Waals surface area contributed by atoms with Gasteiger partial charge in [-0.15, -0.1) is 0 Å². The molecule has 0 aliphatic heterocycles. The van der Waals surface area contributed by atoms with Gasteiger partial charge in [-0.05, 0) is 6.92 Å². The molecular weight excluding hydrogens is 228 g/mol. The predicted molar refractivity (Wildman–Crippen MR) is 59.7 cm³/mol. The first-order valence-electron chi connectivity index (χ1n) is 5.08. The Morgan fingerprint density at radius 2 is 2.29 bits per heavy atom. The number of hydrazine groups is 1. The van der Waals surface area contributed by atoms with Gasteiger partial charge in [0.2, 0.25) is 5.88 Å². The van der Waals surface area contributed by atoms with Crippen molar-refractivity contribution in [3.8, 4) is 5.88 Å². The number of nitrogen functional groups attached to an aromatic ring is 1. The van der Waals surface area contributed by atoms with Crippen LogP contribution in [0.25, 0.3) is 0 Å². The van der Waals surface area contributed by atoms with Gasteiger partial charge >= 0.3 is 5.97 Å². The summed E-state index contributed by atoms with van der Waals surface area (Å²) < 4.78 is 15.0. The van der Waals surface area contributed by atoms with E-state index in [2.05, 4.69) is 15.6 Å². The topological polar surface area (TPSA) is 111 Å². The minimum atomic E-state index is -0.554. The molecule has 8 nitrogen and oxygen atoms in total. The first-order valence-corrected chi connectivity index (χ1v) is 5.08. The number of rotatable bonds is 7. The first-order chi connectivity index (χ1) is 8.24. The number of hydrogen-bond donors (Lipinski definition) is 3. The Bertz CT molecular complexity index is 366. The molecule has 0 aliphatic carbocycles. The maximum atomic E-state index is 11.7. The zero-order valence-electron chi connectivity index (χ0n) is 9.78. The van der Waals surface area contributed by atoms with Gasteiger partial charge in [-0.3, -0.25) is 0 Å². The maximum Gasteiger partial charge on any atom is 0.347 e. The molecule has 0 saturated heterocycles. The zero-order valence-corrected chi connectivity index (χ0v) is 9.78. The van der Waals surface area contributed by atoms with Gasteiger partial charge in [0.1, 0.15) is 6.61 Å². The molecule has 0 amide bonds. The molecular formula is C9H16N4O4. The third-order valence-electron chi connectivity index (χ3n) is 1.88. The Hall–Kier alpha value is -1.80. The molecule has 1 heterocycles. The molecule has 0 unspecified atom stereocenters. The minimum Gasteiger partial charge on any atom is -0.475 e. The monoisotopic (exact) mass is 244 g/mol. The van der Waals surface area contributed by atoms with E-state index in [1.165, 1.54) is 0 Å². The van der Waals surface area contributed by atoms with E-state index in [9.17, 15) is 4.79 Å². The van der Waals surface area contributed by atoms with Crippen LogP contribution in [0.4, 0.5) is 5.82 Å². The summed E-state index contributed by atoms with van der Waals surface area (Å²) in [5, 5.41) is 6.34. The Kier molecular flexibility index (Phi) is 5.24. The van der Waals surface area contributed by atoms with Crippen molar-refractivity contribution in [3.05, 3.63) is 5.56 Å². The van der Waals surface area contributed by atoms with Crippen LogP contribution in [-0.2, 0) is 9.47 Å². The van der Waals surface area contributed by atoms with Crippen molar-refractivity contribution in [2.45, 2.75) is 6.92 Å². The van der Waals surface area contributed by atoms with Gasteiger partial charge in [0, 0.05) is 7.11 Å². The number of nitrogens with two attached hydrogens (primary N) is 1. The molecule has 0 aromatic carbocycles. The molecule has 0 aliphatic rings. The fourth-order valence-electron chi connectivity index (χ4n) is 1.15. The third-order valence-corrected chi connectivity index (χ3v) is 1.88. The van der Waals surface area contributed by atoms with E-state index in [4.69, 9.17) is 20.1 Å². The van der Waals surface area contributed by atoms with E-state index in [1.54, 1.807) is 14.0 Å². The van der Waals surface area contributed by atoms with Gasteiger partial charge in [-0.2, -0.15) is 5.10 Å². The predicted octanol–water partition coefficient (Wildman–Crippen LogP) is -0.103. The van der Waals surface area contributed by atoms with Crippen molar-refractivity contribution in [1.82, 2.24) is 10.2 Å². The first kappa shape index (κ1) is 13.3. The largest absolute Gasteiger partial charge is 0.475 e. The number of anilines is 1. The third kappa shape index (κ3) is 3.33. The van der Waals surface area contributed by atoms with Crippen LogP contribution in [0.2, 0.25) is 0 Å². The lowest BCUT2D eigenvalue weighted by atomic mass is 10.3. The summed E-state index contributed by atoms with van der Waals surface area (Å²) in [5.74, 6) is 5.06. The number of hydrogen-bond acceptors (Lipinski definition) is 7. The average Bonchev–Trinajstić information content (AvgIpc) is 2.73. The average molecular weight is 244 g/mol. The number of H-pyrrole nitrogens is 1. The molecule has 1 aromatic heterocycles. The highest BCUT2D eigenvalue weighted by molar-refractivity contribution is 5.97. The van der Waals surface area contributed by atoms with E-state index in [0.29, 0.717) is 6.61 Å². The lowest BCUT2D eigenvalue weighted by Crippen LogP contribution is -2.14. The standard InChI is InChI=1S/C9H16N4O4/c1-3-16-9(14)6-7(11-10)12-13-8(6)17-5-4-15-2/h3-5,10H2,1-2H3,(H2,11,12,13). The highest BCUT2D eigenvalue weighted by atomic mass is 16.5. The van der Waals surface area contributed by atoms with Crippen molar-refractivity contribution >= 4 is 11.8 Å². The summed E-state index contributed by atoms with van der Waals surface area (Å²) in [6.07, 6.45) is 0. The Morgan fingerprint density at radius 3 is 2.88 bits per heavy atom. The van der Waals surface area contributed by atoms with Gasteiger partial charge in [0.15, 0.2) is 11.4 Å². The van der Waals surface area contributed by atoms with E-state index in [-0.39, 0.29) is 30.5 Å². The van der Waals surface area contributed by atoms with Crippen LogP contribution in [0.5, 0.6) is 5.88 Å². The van der Waals surface area contributed by atoms with E-state index in [1.807, 2.05) is 0 Å². The quantitative estimate of drug-likeness (QED) is 0.266. The van der Waals surface area contributed by atoms with Crippen molar-refractivity contribution in [1.29, 1.82) is 0 Å². The molecule has 1 rings (SSSR count). The number of carbonyl (C=O) groups excluding carboxylic acids is 1. The van der Waals surface area contributed by atoms with Crippen LogP contribution in [0.1, 0.15) is 17.3 Å². The molecule has 96 valence electrons. The lowest BCUT2D eigenvalue weighted by Gasteiger charge is -2.06. The number of esters is 1. The number of nitrogens with one attached hydrogen (secondary N) is 2. The maximum absolute atomic E-state index is 11.7. The molecule has 0 atom stereocenters. The molecule has 0 bridgehead atoms. The van der Waals surface area contributed by atoms with Gasteiger partial charge in [-0.25, -0.2) is 15.7 Å². The Labute approximate surface area is 98.4 Å². The van der Waals surface area contributed by atoms with Crippen LogP contribution in [0.15, 0.2) is 0 Å². The number of aromatic amines is 1. The summed E-state index contributed by atoms with van der Waals surface area (Å²) in [6.45, 7) is 2.65. The molecule has 8 heteroatoms. The normalized spacial score (nSPS) is 10.1. The second-order valence-electron chi connectivity index (χ2n) is 2.98. The van der Waals surface area contributed by atoms with Gasteiger partial charge in [-0.1, -0.05) is 0 Å². The van der Waals surface area contributed by atoms with Crippen molar-refractivity contribution in [3.63, 3.8) is 0 Å². The minimum absolute atomic E-state index is 0.144. The second-order valence-corrected chi connectivity index (χ2v) is 2.98. The number of carbonyl (C=O) groups is 1. The van der Waals surface area contributed by atoms with E-state index < -0.39 is 5.97 Å². The Balaban J connectivity index is 2.81. The van der Waals surface area contributed by atoms with Crippen LogP contribution in [0, 0.1) is 0 Å². The van der Waals surface area contributed by atoms with Crippen molar-refractivity contribution in [2.75, 3.05) is 32.4 Å².